The number of fused-ring (bicyclic) bond motifs is 1. The van der Waals surface area contributed by atoms with Crippen molar-refractivity contribution in [1.29, 1.82) is 0 Å². The molecule has 1 aromatic carbocycles. The number of rotatable bonds is 7. The first-order valence-electron chi connectivity index (χ1n) is 7.81. The third kappa shape index (κ3) is 3.70. The summed E-state index contributed by atoms with van der Waals surface area (Å²) in [6.07, 6.45) is 3.02. The third-order valence-corrected chi connectivity index (χ3v) is 5.64. The zero-order valence-corrected chi connectivity index (χ0v) is 16.0. The molecule has 0 aliphatic rings. The summed E-state index contributed by atoms with van der Waals surface area (Å²) in [6, 6.07) is 2.20. The lowest BCUT2D eigenvalue weighted by molar-refractivity contribution is 0.511. The summed E-state index contributed by atoms with van der Waals surface area (Å²) in [4.78, 5) is 4.74. The molecule has 0 spiro atoms. The minimum atomic E-state index is -0.514. The summed E-state index contributed by atoms with van der Waals surface area (Å²) in [7, 11) is 0. The Labute approximate surface area is 151 Å². The molecule has 2 N–H and O–H groups in total. The van der Waals surface area contributed by atoms with Crippen molar-refractivity contribution in [3.63, 3.8) is 0 Å². The molecular formula is C17H21NO2S3. The summed E-state index contributed by atoms with van der Waals surface area (Å²) >= 11 is 11.2. The number of aromatic nitrogens is 1. The molecule has 0 radical (unpaired) electrons. The molecular weight excluding hydrogens is 346 g/mol. The predicted octanol–water partition coefficient (Wildman–Crippen LogP) is 5.23. The van der Waals surface area contributed by atoms with Crippen LogP contribution in [0.4, 0.5) is 0 Å². The van der Waals surface area contributed by atoms with E-state index in [1.54, 1.807) is 0 Å². The molecule has 23 heavy (non-hydrogen) atoms. The fraction of sp³-hybridized carbons (Fsp3) is 0.471. The Bertz CT molecular complexity index is 752. The first kappa shape index (κ1) is 18.2. The zero-order chi connectivity index (χ0) is 17.1. The highest BCUT2D eigenvalue weighted by molar-refractivity contribution is 7.80. The SMILES string of the molecule is CCc1cc2sc(C(CC(O)=S)C(O)=S)nc2c(CC)c1CC. The zero-order valence-electron chi connectivity index (χ0n) is 13.5. The van der Waals surface area contributed by atoms with Gasteiger partial charge >= 0.3 is 0 Å². The van der Waals surface area contributed by atoms with Gasteiger partial charge in [0.1, 0.15) is 5.01 Å². The van der Waals surface area contributed by atoms with Gasteiger partial charge in [0, 0.05) is 6.42 Å². The molecule has 2 rings (SSSR count). The smallest absolute Gasteiger partial charge is 0.167 e. The highest BCUT2D eigenvalue weighted by Crippen LogP contribution is 2.35. The molecule has 3 nitrogen and oxygen atoms in total. The Morgan fingerprint density at radius 1 is 1.13 bits per heavy atom. The van der Waals surface area contributed by atoms with E-state index in [0.717, 1.165) is 29.5 Å². The molecule has 2 aromatic rings. The van der Waals surface area contributed by atoms with Crippen LogP contribution in [-0.2, 0) is 19.3 Å². The molecule has 124 valence electrons. The van der Waals surface area contributed by atoms with Crippen molar-refractivity contribution in [1.82, 2.24) is 4.98 Å². The molecule has 0 bridgehead atoms. The number of aliphatic hydroxyl groups excluding tert-OH is 2. The Hall–Kier alpha value is -1.11. The number of hydrogen-bond donors (Lipinski definition) is 2. The largest absolute Gasteiger partial charge is 0.502 e. The molecule has 1 unspecified atom stereocenters. The van der Waals surface area contributed by atoms with Crippen molar-refractivity contribution in [2.75, 3.05) is 0 Å². The number of nitrogens with zero attached hydrogens (tertiary/aromatic N) is 1. The average molecular weight is 368 g/mol. The van der Waals surface area contributed by atoms with E-state index < -0.39 is 5.92 Å². The summed E-state index contributed by atoms with van der Waals surface area (Å²) in [5, 5.41) is 19.6. The Morgan fingerprint density at radius 3 is 2.26 bits per heavy atom. The minimum Gasteiger partial charge on any atom is -0.502 e. The molecule has 0 aliphatic carbocycles. The first-order chi connectivity index (χ1) is 10.9. The maximum Gasteiger partial charge on any atom is 0.167 e. The van der Waals surface area contributed by atoms with Gasteiger partial charge in [0.2, 0.25) is 0 Å². The van der Waals surface area contributed by atoms with E-state index in [2.05, 4.69) is 26.8 Å². The maximum atomic E-state index is 9.80. The lowest BCUT2D eigenvalue weighted by Gasteiger charge is -2.12. The summed E-state index contributed by atoms with van der Waals surface area (Å²) in [6.45, 7) is 6.48. The fourth-order valence-corrected chi connectivity index (χ4v) is 4.59. The van der Waals surface area contributed by atoms with Crippen LogP contribution in [0.25, 0.3) is 10.2 Å². The van der Waals surface area contributed by atoms with Gasteiger partial charge in [-0.05, 0) is 66.5 Å². The van der Waals surface area contributed by atoms with E-state index in [9.17, 15) is 10.2 Å². The Morgan fingerprint density at radius 2 is 1.78 bits per heavy atom. The van der Waals surface area contributed by atoms with E-state index in [4.69, 9.17) is 29.4 Å². The van der Waals surface area contributed by atoms with Crippen LogP contribution in [0, 0.1) is 0 Å². The summed E-state index contributed by atoms with van der Waals surface area (Å²) < 4.78 is 1.11. The molecule has 1 heterocycles. The van der Waals surface area contributed by atoms with E-state index in [1.807, 2.05) is 0 Å². The minimum absolute atomic E-state index is 0.132. The normalized spacial score (nSPS) is 12.5. The number of benzene rings is 1. The van der Waals surface area contributed by atoms with Crippen molar-refractivity contribution in [3.8, 4) is 0 Å². The molecule has 1 aromatic heterocycles. The summed E-state index contributed by atoms with van der Waals surface area (Å²) in [5.74, 6) is -0.514. The van der Waals surface area contributed by atoms with Crippen LogP contribution in [0.1, 0.15) is 54.8 Å². The quantitative estimate of drug-likeness (QED) is 0.656. The van der Waals surface area contributed by atoms with E-state index >= 15 is 0 Å². The molecule has 0 amide bonds. The molecule has 0 saturated carbocycles. The van der Waals surface area contributed by atoms with Crippen molar-refractivity contribution in [2.24, 2.45) is 0 Å². The number of thiocarbonyl (C=S) groups is 2. The first-order valence-corrected chi connectivity index (χ1v) is 9.44. The Balaban J connectivity index is 2.65. The van der Waals surface area contributed by atoms with Gasteiger partial charge in [-0.1, -0.05) is 20.8 Å². The predicted molar refractivity (Wildman–Crippen MR) is 106 cm³/mol. The van der Waals surface area contributed by atoms with Gasteiger partial charge in [-0.2, -0.15) is 0 Å². The molecule has 1 atom stereocenters. The van der Waals surface area contributed by atoms with Crippen molar-refractivity contribution in [3.05, 3.63) is 27.8 Å². The van der Waals surface area contributed by atoms with Gasteiger partial charge in [0.15, 0.2) is 10.1 Å². The molecule has 6 heteroatoms. The highest BCUT2D eigenvalue weighted by atomic mass is 32.1. The van der Waals surface area contributed by atoms with E-state index in [1.165, 1.54) is 28.0 Å². The van der Waals surface area contributed by atoms with Crippen LogP contribution in [0.2, 0.25) is 0 Å². The second-order valence-corrected chi connectivity index (χ2v) is 7.39. The van der Waals surface area contributed by atoms with Crippen molar-refractivity contribution >= 4 is 56.1 Å². The standard InChI is InChI=1S/C17H21NO2S3/c1-4-9-7-13-15(11(6-3)10(9)5-2)18-16(23-13)12(17(20)22)8-14(19)21/h7,12H,4-6,8H2,1-3H3,(H,19,21)(H,20,22). The molecule has 0 aliphatic heterocycles. The number of aliphatic hydroxyl groups is 2. The average Bonchev–Trinajstić information content (AvgIpc) is 2.93. The van der Waals surface area contributed by atoms with Gasteiger partial charge in [0.25, 0.3) is 0 Å². The van der Waals surface area contributed by atoms with Gasteiger partial charge in [0.05, 0.1) is 16.1 Å². The number of aryl methyl sites for hydroxylation is 2. The highest BCUT2D eigenvalue weighted by Gasteiger charge is 2.24. The lowest BCUT2D eigenvalue weighted by Crippen LogP contribution is -2.13. The van der Waals surface area contributed by atoms with Crippen LogP contribution in [0.3, 0.4) is 0 Å². The maximum absolute atomic E-state index is 9.80. The molecule has 0 fully saturated rings. The van der Waals surface area contributed by atoms with Crippen molar-refractivity contribution < 1.29 is 10.2 Å². The van der Waals surface area contributed by atoms with Crippen LogP contribution >= 0.6 is 35.8 Å². The topological polar surface area (TPSA) is 53.4 Å². The van der Waals surface area contributed by atoms with E-state index in [0.29, 0.717) is 5.01 Å². The van der Waals surface area contributed by atoms with Gasteiger partial charge in [-0.3, -0.25) is 0 Å². The summed E-state index contributed by atoms with van der Waals surface area (Å²) in [5.41, 5.74) is 5.00. The van der Waals surface area contributed by atoms with Gasteiger partial charge in [-0.15, -0.1) is 11.3 Å². The van der Waals surface area contributed by atoms with E-state index in [-0.39, 0.29) is 16.5 Å². The third-order valence-electron chi connectivity index (χ3n) is 4.08. The second kappa shape index (κ2) is 7.64. The fourth-order valence-electron chi connectivity index (χ4n) is 2.99. The monoisotopic (exact) mass is 367 g/mol. The van der Waals surface area contributed by atoms with Crippen LogP contribution < -0.4 is 0 Å². The Kier molecular flexibility index (Phi) is 6.06. The van der Waals surface area contributed by atoms with Crippen LogP contribution in [-0.4, -0.2) is 25.3 Å². The van der Waals surface area contributed by atoms with Crippen molar-refractivity contribution in [2.45, 2.75) is 52.4 Å². The van der Waals surface area contributed by atoms with Crippen LogP contribution in [0.15, 0.2) is 6.07 Å². The second-order valence-electron chi connectivity index (χ2n) is 5.44. The van der Waals surface area contributed by atoms with Gasteiger partial charge < -0.3 is 10.2 Å². The van der Waals surface area contributed by atoms with Crippen LogP contribution in [0.5, 0.6) is 0 Å². The van der Waals surface area contributed by atoms with Gasteiger partial charge in [-0.25, -0.2) is 4.98 Å². The number of thiazole rings is 1. The number of hydrogen-bond acceptors (Lipinski definition) is 4. The molecule has 0 saturated heterocycles. The lowest BCUT2D eigenvalue weighted by atomic mass is 9.94.